The Balaban J connectivity index is 2.28. The molecule has 2 aromatic rings. The molecule has 0 aliphatic heterocycles. The second-order valence-corrected chi connectivity index (χ2v) is 4.43. The Morgan fingerprint density at radius 1 is 1.13 bits per heavy atom. The van der Waals surface area contributed by atoms with E-state index in [1.54, 1.807) is 11.3 Å². The Kier molecular flexibility index (Phi) is 3.16. The van der Waals surface area contributed by atoms with Crippen LogP contribution >= 0.6 is 11.3 Å². The van der Waals surface area contributed by atoms with Gasteiger partial charge >= 0.3 is 0 Å². The van der Waals surface area contributed by atoms with E-state index >= 15 is 0 Å². The van der Waals surface area contributed by atoms with E-state index in [2.05, 4.69) is 12.1 Å². The third-order valence-corrected chi connectivity index (χ3v) is 3.47. The molecule has 0 spiro atoms. The molecule has 0 amide bonds. The van der Waals surface area contributed by atoms with E-state index in [1.807, 2.05) is 30.3 Å². The molecule has 3 N–H and O–H groups in total. The van der Waals surface area contributed by atoms with Crippen LogP contribution in [-0.2, 0) is 0 Å². The van der Waals surface area contributed by atoms with Crippen molar-refractivity contribution < 1.29 is 5.11 Å². The fourth-order valence-corrected chi connectivity index (χ4v) is 2.42. The molecule has 1 heterocycles. The highest BCUT2D eigenvalue weighted by Gasteiger charge is 2.08. The molecule has 1 aromatic heterocycles. The van der Waals surface area contributed by atoms with Gasteiger partial charge in [-0.05, 0) is 17.7 Å². The van der Waals surface area contributed by atoms with Gasteiger partial charge in [0.2, 0.25) is 0 Å². The second-order valence-electron chi connectivity index (χ2n) is 3.32. The van der Waals surface area contributed by atoms with Gasteiger partial charge in [-0.25, -0.2) is 0 Å². The highest BCUT2D eigenvalue weighted by atomic mass is 32.1. The van der Waals surface area contributed by atoms with Crippen molar-refractivity contribution in [3.63, 3.8) is 0 Å². The van der Waals surface area contributed by atoms with Crippen LogP contribution in [0.25, 0.3) is 10.4 Å². The summed E-state index contributed by atoms with van der Waals surface area (Å²) in [5, 5.41) is 9.57. The van der Waals surface area contributed by atoms with Gasteiger partial charge in [-0.3, -0.25) is 0 Å². The molecule has 0 radical (unpaired) electrons. The quantitative estimate of drug-likeness (QED) is 0.832. The summed E-state index contributed by atoms with van der Waals surface area (Å²) in [7, 11) is 0. The Morgan fingerprint density at radius 2 is 1.87 bits per heavy atom. The molecule has 15 heavy (non-hydrogen) atoms. The average molecular weight is 219 g/mol. The fraction of sp³-hybridized carbons (Fsp3) is 0.167. The monoisotopic (exact) mass is 219 g/mol. The number of hydrogen-bond donors (Lipinski definition) is 2. The molecule has 0 saturated carbocycles. The van der Waals surface area contributed by atoms with E-state index in [1.165, 1.54) is 5.56 Å². The zero-order chi connectivity index (χ0) is 10.7. The molecular weight excluding hydrogens is 206 g/mol. The maximum absolute atomic E-state index is 9.57. The highest BCUT2D eigenvalue weighted by molar-refractivity contribution is 7.15. The summed E-state index contributed by atoms with van der Waals surface area (Å²) in [6.45, 7) is 0.273. The number of nitrogens with two attached hydrogens (primary N) is 1. The summed E-state index contributed by atoms with van der Waals surface area (Å²) < 4.78 is 0. The van der Waals surface area contributed by atoms with E-state index < -0.39 is 6.10 Å². The maximum Gasteiger partial charge on any atom is 0.100 e. The molecule has 0 aliphatic carbocycles. The number of aliphatic hydroxyl groups excluding tert-OH is 1. The minimum atomic E-state index is -0.535. The van der Waals surface area contributed by atoms with Crippen molar-refractivity contribution >= 4 is 11.3 Å². The standard InChI is InChI=1S/C12H13NOS/c13-8-10(14)12-7-6-11(15-12)9-4-2-1-3-5-9/h1-7,10,14H,8,13H2. The molecule has 0 bridgehead atoms. The lowest BCUT2D eigenvalue weighted by Crippen LogP contribution is -2.09. The molecule has 2 rings (SSSR count). The van der Waals surface area contributed by atoms with E-state index in [9.17, 15) is 5.11 Å². The number of benzene rings is 1. The van der Waals surface area contributed by atoms with Crippen molar-refractivity contribution in [1.82, 2.24) is 0 Å². The normalized spacial score (nSPS) is 12.7. The molecule has 1 atom stereocenters. The largest absolute Gasteiger partial charge is 0.386 e. The number of rotatable bonds is 3. The maximum atomic E-state index is 9.57. The summed E-state index contributed by atoms with van der Waals surface area (Å²) in [6.07, 6.45) is -0.535. The highest BCUT2D eigenvalue weighted by Crippen LogP contribution is 2.30. The molecule has 0 fully saturated rings. The first kappa shape index (κ1) is 10.4. The van der Waals surface area contributed by atoms with E-state index in [4.69, 9.17) is 5.73 Å². The molecule has 3 heteroatoms. The minimum absolute atomic E-state index is 0.273. The van der Waals surface area contributed by atoms with Crippen molar-refractivity contribution in [2.75, 3.05) is 6.54 Å². The molecule has 1 unspecified atom stereocenters. The SMILES string of the molecule is NCC(O)c1ccc(-c2ccccc2)s1. The smallest absolute Gasteiger partial charge is 0.100 e. The average Bonchev–Trinajstić information content (AvgIpc) is 2.78. The van der Waals surface area contributed by atoms with Crippen molar-refractivity contribution in [1.29, 1.82) is 0 Å². The summed E-state index contributed by atoms with van der Waals surface area (Å²) in [5.41, 5.74) is 6.59. The molecule has 2 nitrogen and oxygen atoms in total. The van der Waals surface area contributed by atoms with E-state index in [0.717, 1.165) is 9.75 Å². The van der Waals surface area contributed by atoms with Crippen molar-refractivity contribution in [3.05, 3.63) is 47.3 Å². The molecular formula is C12H13NOS. The van der Waals surface area contributed by atoms with Crippen LogP contribution in [0, 0.1) is 0 Å². The van der Waals surface area contributed by atoms with Gasteiger partial charge in [0, 0.05) is 16.3 Å². The first-order valence-electron chi connectivity index (χ1n) is 4.84. The summed E-state index contributed by atoms with van der Waals surface area (Å²) >= 11 is 1.59. The van der Waals surface area contributed by atoms with E-state index in [-0.39, 0.29) is 6.54 Å². The van der Waals surface area contributed by atoms with Gasteiger partial charge in [0.25, 0.3) is 0 Å². The first-order valence-corrected chi connectivity index (χ1v) is 5.66. The van der Waals surface area contributed by atoms with Gasteiger partial charge in [-0.15, -0.1) is 11.3 Å². The van der Waals surface area contributed by atoms with Gasteiger partial charge < -0.3 is 10.8 Å². The summed E-state index contributed by atoms with van der Waals surface area (Å²) in [6, 6.07) is 14.1. The number of thiophene rings is 1. The molecule has 0 aliphatic rings. The summed E-state index contributed by atoms with van der Waals surface area (Å²) in [5.74, 6) is 0. The van der Waals surface area contributed by atoms with Crippen molar-refractivity contribution in [3.8, 4) is 10.4 Å². The van der Waals surface area contributed by atoms with E-state index in [0.29, 0.717) is 0 Å². The van der Waals surface area contributed by atoms with Crippen LogP contribution in [0.5, 0.6) is 0 Å². The molecule has 1 aromatic carbocycles. The number of aliphatic hydroxyl groups is 1. The Morgan fingerprint density at radius 3 is 2.53 bits per heavy atom. The first-order chi connectivity index (χ1) is 7.31. The lowest BCUT2D eigenvalue weighted by molar-refractivity contribution is 0.190. The third-order valence-electron chi connectivity index (χ3n) is 2.24. The third kappa shape index (κ3) is 2.26. The van der Waals surface area contributed by atoms with Gasteiger partial charge in [0.1, 0.15) is 6.10 Å². The van der Waals surface area contributed by atoms with Crippen LogP contribution in [0.1, 0.15) is 11.0 Å². The van der Waals surface area contributed by atoms with Crippen molar-refractivity contribution in [2.45, 2.75) is 6.10 Å². The van der Waals surface area contributed by atoms with Gasteiger partial charge in [-0.2, -0.15) is 0 Å². The number of hydrogen-bond acceptors (Lipinski definition) is 3. The Labute approximate surface area is 93.0 Å². The Hall–Kier alpha value is -1.16. The second kappa shape index (κ2) is 4.57. The summed E-state index contributed by atoms with van der Waals surface area (Å²) in [4.78, 5) is 2.09. The van der Waals surface area contributed by atoms with Crippen LogP contribution in [0.15, 0.2) is 42.5 Å². The van der Waals surface area contributed by atoms with Crippen LogP contribution in [0.3, 0.4) is 0 Å². The minimum Gasteiger partial charge on any atom is -0.386 e. The fourth-order valence-electron chi connectivity index (χ4n) is 1.41. The molecule has 0 saturated heterocycles. The lowest BCUT2D eigenvalue weighted by atomic mass is 10.2. The lowest BCUT2D eigenvalue weighted by Gasteiger charge is -2.02. The van der Waals surface area contributed by atoms with Crippen LogP contribution in [-0.4, -0.2) is 11.7 Å². The van der Waals surface area contributed by atoms with Gasteiger partial charge in [-0.1, -0.05) is 30.3 Å². The zero-order valence-corrected chi connectivity index (χ0v) is 9.08. The Bertz CT molecular complexity index is 424. The predicted octanol–water partition coefficient (Wildman–Crippen LogP) is 2.41. The van der Waals surface area contributed by atoms with Crippen LogP contribution in [0.4, 0.5) is 0 Å². The topological polar surface area (TPSA) is 46.2 Å². The van der Waals surface area contributed by atoms with Crippen molar-refractivity contribution in [2.24, 2.45) is 5.73 Å². The zero-order valence-electron chi connectivity index (χ0n) is 8.26. The van der Waals surface area contributed by atoms with Gasteiger partial charge in [0.15, 0.2) is 0 Å². The van der Waals surface area contributed by atoms with Gasteiger partial charge in [0.05, 0.1) is 0 Å². The van der Waals surface area contributed by atoms with Crippen LogP contribution < -0.4 is 5.73 Å². The van der Waals surface area contributed by atoms with Crippen LogP contribution in [0.2, 0.25) is 0 Å². The molecule has 78 valence electrons. The predicted molar refractivity (Wildman–Crippen MR) is 63.8 cm³/mol.